The van der Waals surface area contributed by atoms with Gasteiger partial charge in [0.15, 0.2) is 0 Å². The highest BCUT2D eigenvalue weighted by molar-refractivity contribution is 5.80. The molecule has 1 N–H and O–H groups in total. The molecule has 0 aromatic rings. The van der Waals surface area contributed by atoms with Crippen LogP contribution in [-0.2, 0) is 14.3 Å². The largest absolute Gasteiger partial charge is 0.481 e. The Labute approximate surface area is 119 Å². The fourth-order valence-electron chi connectivity index (χ4n) is 2.96. The number of hydrogen-bond donors (Lipinski definition) is 1. The minimum absolute atomic E-state index is 0.0147. The van der Waals surface area contributed by atoms with Crippen LogP contribution in [-0.4, -0.2) is 72.7 Å². The van der Waals surface area contributed by atoms with Crippen LogP contribution >= 0.6 is 0 Å². The Morgan fingerprint density at radius 3 is 2.60 bits per heavy atom. The summed E-state index contributed by atoms with van der Waals surface area (Å²) in [5.41, 5.74) is 0. The fraction of sp³-hybridized carbons (Fsp3) is 0.857. The second-order valence-electron chi connectivity index (χ2n) is 5.65. The second kappa shape index (κ2) is 7.59. The lowest BCUT2D eigenvalue weighted by molar-refractivity contribution is -0.141. The Morgan fingerprint density at radius 2 is 1.90 bits per heavy atom. The molecule has 0 saturated carbocycles. The molecule has 2 aliphatic rings. The van der Waals surface area contributed by atoms with Crippen molar-refractivity contribution in [2.24, 2.45) is 5.92 Å². The van der Waals surface area contributed by atoms with Gasteiger partial charge in [0.2, 0.25) is 5.91 Å². The Morgan fingerprint density at radius 1 is 1.15 bits per heavy atom. The third-order valence-corrected chi connectivity index (χ3v) is 4.04. The molecule has 2 saturated heterocycles. The van der Waals surface area contributed by atoms with E-state index in [0.29, 0.717) is 5.92 Å². The van der Waals surface area contributed by atoms with E-state index < -0.39 is 5.97 Å². The van der Waals surface area contributed by atoms with Crippen molar-refractivity contribution >= 4 is 11.9 Å². The lowest BCUT2D eigenvalue weighted by Crippen LogP contribution is -2.46. The monoisotopic (exact) mass is 284 g/mol. The van der Waals surface area contributed by atoms with Gasteiger partial charge in [-0.05, 0) is 18.8 Å². The van der Waals surface area contributed by atoms with Crippen molar-refractivity contribution in [3.05, 3.63) is 0 Å². The number of hydrogen-bond acceptors (Lipinski definition) is 4. The molecule has 2 rings (SSSR count). The van der Waals surface area contributed by atoms with E-state index in [1.165, 1.54) is 0 Å². The quantitative estimate of drug-likeness (QED) is 0.792. The number of ether oxygens (including phenoxy) is 1. The molecule has 0 aromatic heterocycles. The predicted molar refractivity (Wildman–Crippen MR) is 73.4 cm³/mol. The van der Waals surface area contributed by atoms with Crippen molar-refractivity contribution in [2.75, 3.05) is 45.9 Å². The minimum atomic E-state index is -0.903. The van der Waals surface area contributed by atoms with E-state index in [-0.39, 0.29) is 18.7 Å². The van der Waals surface area contributed by atoms with E-state index >= 15 is 0 Å². The van der Waals surface area contributed by atoms with Crippen molar-refractivity contribution in [1.82, 2.24) is 9.80 Å². The number of piperidine rings is 1. The zero-order valence-electron chi connectivity index (χ0n) is 11.9. The summed E-state index contributed by atoms with van der Waals surface area (Å²) < 4.78 is 5.34. The molecule has 2 fully saturated rings. The Hall–Kier alpha value is -1.14. The molecule has 0 radical (unpaired) electrons. The molecule has 2 aliphatic heterocycles. The fourth-order valence-corrected chi connectivity index (χ4v) is 2.96. The number of likely N-dealkylation sites (tertiary alicyclic amines) is 1. The molecular weight excluding hydrogens is 260 g/mol. The van der Waals surface area contributed by atoms with E-state index in [2.05, 4.69) is 4.90 Å². The maximum atomic E-state index is 12.0. The average molecular weight is 284 g/mol. The van der Waals surface area contributed by atoms with Crippen LogP contribution in [0, 0.1) is 5.92 Å². The molecule has 2 heterocycles. The molecule has 0 aromatic carbocycles. The maximum absolute atomic E-state index is 12.0. The Kier molecular flexibility index (Phi) is 5.79. The number of morpholine rings is 1. The van der Waals surface area contributed by atoms with Gasteiger partial charge in [0.1, 0.15) is 0 Å². The number of nitrogens with zero attached hydrogens (tertiary/aromatic N) is 2. The first kappa shape index (κ1) is 15.3. The number of carbonyl (C=O) groups is 2. The molecule has 0 aliphatic carbocycles. The molecule has 6 heteroatoms. The molecule has 1 amide bonds. The van der Waals surface area contributed by atoms with Crippen LogP contribution in [0.3, 0.4) is 0 Å². The zero-order valence-corrected chi connectivity index (χ0v) is 11.9. The summed E-state index contributed by atoms with van der Waals surface area (Å²) >= 11 is 0. The van der Waals surface area contributed by atoms with Gasteiger partial charge in [-0.25, -0.2) is 0 Å². The van der Waals surface area contributed by atoms with Crippen LogP contribution in [0.25, 0.3) is 0 Å². The number of carboxylic acid groups (broad SMARTS) is 1. The number of amides is 1. The van der Waals surface area contributed by atoms with Gasteiger partial charge in [-0.15, -0.1) is 0 Å². The average Bonchev–Trinajstić information content (AvgIpc) is 2.46. The molecule has 0 unspecified atom stereocenters. The SMILES string of the molecule is O=C(O)CCC(=O)N1CCC[C@@H](CN2CCOCC2)C1. The molecule has 6 nitrogen and oxygen atoms in total. The molecule has 0 spiro atoms. The van der Waals surface area contributed by atoms with Gasteiger partial charge in [-0.3, -0.25) is 14.5 Å². The highest BCUT2D eigenvalue weighted by atomic mass is 16.5. The summed E-state index contributed by atoms with van der Waals surface area (Å²) in [6, 6.07) is 0. The minimum Gasteiger partial charge on any atom is -0.481 e. The summed E-state index contributed by atoms with van der Waals surface area (Å²) in [5.74, 6) is -0.407. The topological polar surface area (TPSA) is 70.1 Å². The van der Waals surface area contributed by atoms with E-state index in [1.807, 2.05) is 4.90 Å². The first-order chi connectivity index (χ1) is 9.65. The molecule has 20 heavy (non-hydrogen) atoms. The molecule has 1 atom stereocenters. The first-order valence-corrected chi connectivity index (χ1v) is 7.45. The standard InChI is InChI=1S/C14H24N2O4/c17-13(3-4-14(18)19)16-5-1-2-12(11-16)10-15-6-8-20-9-7-15/h12H,1-11H2,(H,18,19)/t12-/m0/s1. The van der Waals surface area contributed by atoms with Crippen molar-refractivity contribution in [1.29, 1.82) is 0 Å². The van der Waals surface area contributed by atoms with Crippen LogP contribution in [0.5, 0.6) is 0 Å². The Balaban J connectivity index is 1.75. The summed E-state index contributed by atoms with van der Waals surface area (Å²) in [5, 5.41) is 8.64. The summed E-state index contributed by atoms with van der Waals surface area (Å²) in [6.45, 7) is 6.12. The van der Waals surface area contributed by atoms with Gasteiger partial charge in [0, 0.05) is 39.1 Å². The van der Waals surface area contributed by atoms with E-state index in [4.69, 9.17) is 9.84 Å². The predicted octanol–water partition coefficient (Wildman–Crippen LogP) is 0.422. The van der Waals surface area contributed by atoms with Gasteiger partial charge in [0.25, 0.3) is 0 Å². The van der Waals surface area contributed by atoms with E-state index in [0.717, 1.165) is 58.8 Å². The van der Waals surface area contributed by atoms with Gasteiger partial charge in [-0.2, -0.15) is 0 Å². The second-order valence-corrected chi connectivity index (χ2v) is 5.65. The third kappa shape index (κ3) is 4.76. The van der Waals surface area contributed by atoms with Gasteiger partial charge in [0.05, 0.1) is 19.6 Å². The summed E-state index contributed by atoms with van der Waals surface area (Å²) in [6.07, 6.45) is 2.23. The van der Waals surface area contributed by atoms with Crippen molar-refractivity contribution in [3.8, 4) is 0 Å². The smallest absolute Gasteiger partial charge is 0.303 e. The van der Waals surface area contributed by atoms with Crippen LogP contribution in [0.4, 0.5) is 0 Å². The van der Waals surface area contributed by atoms with Crippen LogP contribution in [0.15, 0.2) is 0 Å². The number of carboxylic acids is 1. The highest BCUT2D eigenvalue weighted by Gasteiger charge is 2.25. The highest BCUT2D eigenvalue weighted by Crippen LogP contribution is 2.19. The van der Waals surface area contributed by atoms with Gasteiger partial charge >= 0.3 is 5.97 Å². The lowest BCUT2D eigenvalue weighted by atomic mass is 9.97. The lowest BCUT2D eigenvalue weighted by Gasteiger charge is -2.36. The van der Waals surface area contributed by atoms with Crippen LogP contribution < -0.4 is 0 Å². The Bertz CT molecular complexity index is 342. The van der Waals surface area contributed by atoms with Crippen molar-refractivity contribution < 1.29 is 19.4 Å². The number of aliphatic carboxylic acids is 1. The van der Waals surface area contributed by atoms with Crippen molar-refractivity contribution in [2.45, 2.75) is 25.7 Å². The van der Waals surface area contributed by atoms with E-state index in [1.54, 1.807) is 0 Å². The van der Waals surface area contributed by atoms with Crippen LogP contribution in [0.1, 0.15) is 25.7 Å². The summed E-state index contributed by atoms with van der Waals surface area (Å²) in [7, 11) is 0. The zero-order chi connectivity index (χ0) is 14.4. The van der Waals surface area contributed by atoms with Gasteiger partial charge < -0.3 is 14.7 Å². The van der Waals surface area contributed by atoms with Crippen molar-refractivity contribution in [3.63, 3.8) is 0 Å². The van der Waals surface area contributed by atoms with Gasteiger partial charge in [-0.1, -0.05) is 0 Å². The molecule has 0 bridgehead atoms. The van der Waals surface area contributed by atoms with Crippen LogP contribution in [0.2, 0.25) is 0 Å². The first-order valence-electron chi connectivity index (χ1n) is 7.45. The third-order valence-electron chi connectivity index (χ3n) is 4.04. The maximum Gasteiger partial charge on any atom is 0.303 e. The molecule has 114 valence electrons. The molecular formula is C14H24N2O4. The van der Waals surface area contributed by atoms with E-state index in [9.17, 15) is 9.59 Å². The normalized spacial score (nSPS) is 24.6. The number of rotatable bonds is 5. The summed E-state index contributed by atoms with van der Waals surface area (Å²) in [4.78, 5) is 26.7. The number of carbonyl (C=O) groups excluding carboxylic acids is 1.